The minimum atomic E-state index is -3.33. The monoisotopic (exact) mass is 220 g/mol. The van der Waals surface area contributed by atoms with Gasteiger partial charge in [-0.2, -0.15) is 0 Å². The predicted octanol–water partition coefficient (Wildman–Crippen LogP) is 0.538. The van der Waals surface area contributed by atoms with Crippen molar-refractivity contribution in [2.45, 2.75) is 44.4 Å². The van der Waals surface area contributed by atoms with Gasteiger partial charge in [-0.15, -0.1) is 0 Å². The first-order valence-electron chi connectivity index (χ1n) is 5.24. The zero-order valence-electron chi connectivity index (χ0n) is 8.94. The van der Waals surface area contributed by atoms with Crippen molar-refractivity contribution in [1.82, 2.24) is 4.90 Å². The molecule has 0 radical (unpaired) electrons. The number of hydrogen-bond acceptors (Lipinski definition) is 3. The van der Waals surface area contributed by atoms with Gasteiger partial charge in [-0.3, -0.25) is 0 Å². The molecule has 0 aromatic heterocycles. The molecule has 2 N–H and O–H groups in total. The Bertz CT molecular complexity index is 277. The molecule has 2 unspecified atom stereocenters. The maximum Gasteiger partial charge on any atom is 0.212 e. The summed E-state index contributed by atoms with van der Waals surface area (Å²) in [6.07, 6.45) is 2.38. The van der Waals surface area contributed by atoms with E-state index in [9.17, 15) is 8.42 Å². The second kappa shape index (κ2) is 4.59. The molecule has 1 heterocycles. The highest BCUT2D eigenvalue weighted by atomic mass is 32.2. The number of nitrogens with two attached hydrogens (primary N) is 1. The molecule has 1 rings (SSSR count). The van der Waals surface area contributed by atoms with E-state index in [1.54, 1.807) is 0 Å². The molecule has 0 aliphatic carbocycles. The first-order chi connectivity index (χ1) is 6.49. The Morgan fingerprint density at radius 2 is 2.07 bits per heavy atom. The van der Waals surface area contributed by atoms with Gasteiger partial charge in [-0.1, -0.05) is 13.8 Å². The molecule has 0 amide bonds. The van der Waals surface area contributed by atoms with Gasteiger partial charge in [0, 0.05) is 6.04 Å². The maximum absolute atomic E-state index is 11.2. The number of likely N-dealkylation sites (tertiary alicyclic amines) is 1. The lowest BCUT2D eigenvalue weighted by Crippen LogP contribution is -2.47. The van der Waals surface area contributed by atoms with Crippen molar-refractivity contribution in [3.05, 3.63) is 0 Å². The van der Waals surface area contributed by atoms with Crippen molar-refractivity contribution in [2.24, 2.45) is 5.14 Å². The molecule has 1 aliphatic heterocycles. The Kier molecular flexibility index (Phi) is 3.92. The molecule has 1 aliphatic rings. The minimum Gasteiger partial charge on any atom is -0.301 e. The summed E-state index contributed by atoms with van der Waals surface area (Å²) in [4.78, 5) is 2.34. The summed E-state index contributed by atoms with van der Waals surface area (Å²) in [6.45, 7) is 6.06. The van der Waals surface area contributed by atoms with Crippen LogP contribution < -0.4 is 5.14 Å². The summed E-state index contributed by atoms with van der Waals surface area (Å²) < 4.78 is 22.4. The highest BCUT2D eigenvalue weighted by molar-refractivity contribution is 7.89. The van der Waals surface area contributed by atoms with Crippen molar-refractivity contribution in [3.63, 3.8) is 0 Å². The zero-order valence-corrected chi connectivity index (χ0v) is 9.76. The number of sulfonamides is 1. The number of primary sulfonamides is 1. The van der Waals surface area contributed by atoms with E-state index in [0.29, 0.717) is 18.9 Å². The highest BCUT2D eigenvalue weighted by Gasteiger charge is 2.32. The van der Waals surface area contributed by atoms with Crippen molar-refractivity contribution in [3.8, 4) is 0 Å². The average molecular weight is 220 g/mol. The van der Waals surface area contributed by atoms with Crippen molar-refractivity contribution in [2.75, 3.05) is 13.1 Å². The molecule has 0 spiro atoms. The van der Waals surface area contributed by atoms with Gasteiger partial charge in [-0.25, -0.2) is 13.6 Å². The lowest BCUT2D eigenvalue weighted by atomic mass is 10.00. The lowest BCUT2D eigenvalue weighted by Gasteiger charge is -2.37. The largest absolute Gasteiger partial charge is 0.301 e. The van der Waals surface area contributed by atoms with Crippen molar-refractivity contribution < 1.29 is 8.42 Å². The lowest BCUT2D eigenvalue weighted by molar-refractivity contribution is 0.154. The standard InChI is InChI=1S/C9H20N2O2S/c1-3-8-7-9(14(10,12)13)5-6-11(8)4-2/h8-9H,3-7H2,1-2H3,(H2,10,12,13). The van der Waals surface area contributed by atoms with Crippen LogP contribution in [0.25, 0.3) is 0 Å². The van der Waals surface area contributed by atoms with E-state index in [-0.39, 0.29) is 5.25 Å². The van der Waals surface area contributed by atoms with Gasteiger partial charge in [0.15, 0.2) is 0 Å². The van der Waals surface area contributed by atoms with E-state index in [2.05, 4.69) is 18.7 Å². The molecule has 14 heavy (non-hydrogen) atoms. The third kappa shape index (κ3) is 2.68. The third-order valence-electron chi connectivity index (χ3n) is 3.13. The maximum atomic E-state index is 11.2. The van der Waals surface area contributed by atoms with Gasteiger partial charge in [0.2, 0.25) is 10.0 Å². The number of piperidine rings is 1. The Morgan fingerprint density at radius 1 is 1.43 bits per heavy atom. The quantitative estimate of drug-likeness (QED) is 0.755. The highest BCUT2D eigenvalue weighted by Crippen LogP contribution is 2.23. The second-order valence-corrected chi connectivity index (χ2v) is 5.77. The number of rotatable bonds is 3. The molecule has 0 aromatic rings. The van der Waals surface area contributed by atoms with Crippen LogP contribution in [0.5, 0.6) is 0 Å². The molecule has 2 atom stereocenters. The Balaban J connectivity index is 2.66. The number of nitrogens with zero attached hydrogens (tertiary/aromatic N) is 1. The van der Waals surface area contributed by atoms with E-state index in [1.807, 2.05) is 0 Å². The fourth-order valence-corrected chi connectivity index (χ4v) is 3.13. The molecular weight excluding hydrogens is 200 g/mol. The van der Waals surface area contributed by atoms with Crippen LogP contribution in [-0.2, 0) is 10.0 Å². The molecule has 84 valence electrons. The summed E-state index contributed by atoms with van der Waals surface area (Å²) in [7, 11) is -3.33. The Hall–Kier alpha value is -0.130. The number of hydrogen-bond donors (Lipinski definition) is 1. The second-order valence-electron chi connectivity index (χ2n) is 3.93. The van der Waals surface area contributed by atoms with Gasteiger partial charge in [0.25, 0.3) is 0 Å². The molecular formula is C9H20N2O2S. The van der Waals surface area contributed by atoms with E-state index in [0.717, 1.165) is 19.5 Å². The van der Waals surface area contributed by atoms with Gasteiger partial charge in [0.05, 0.1) is 5.25 Å². The molecule has 4 nitrogen and oxygen atoms in total. The van der Waals surface area contributed by atoms with E-state index < -0.39 is 10.0 Å². The third-order valence-corrected chi connectivity index (χ3v) is 4.49. The van der Waals surface area contributed by atoms with E-state index >= 15 is 0 Å². The summed E-state index contributed by atoms with van der Waals surface area (Å²) in [6, 6.07) is 0.386. The van der Waals surface area contributed by atoms with Gasteiger partial charge in [-0.05, 0) is 32.4 Å². The van der Waals surface area contributed by atoms with Crippen LogP contribution in [0.1, 0.15) is 33.1 Å². The molecule has 0 bridgehead atoms. The first kappa shape index (κ1) is 11.9. The Labute approximate surface area is 86.5 Å². The van der Waals surface area contributed by atoms with Gasteiger partial charge in [0.1, 0.15) is 0 Å². The normalized spacial score (nSPS) is 30.5. The van der Waals surface area contributed by atoms with Crippen molar-refractivity contribution in [1.29, 1.82) is 0 Å². The first-order valence-corrected chi connectivity index (χ1v) is 6.85. The summed E-state index contributed by atoms with van der Waals surface area (Å²) in [5, 5.41) is 4.84. The molecule has 0 saturated carbocycles. The topological polar surface area (TPSA) is 63.4 Å². The Morgan fingerprint density at radius 3 is 2.50 bits per heavy atom. The van der Waals surface area contributed by atoms with Crippen molar-refractivity contribution >= 4 is 10.0 Å². The van der Waals surface area contributed by atoms with Crippen LogP contribution in [0, 0.1) is 0 Å². The summed E-state index contributed by atoms with van der Waals surface area (Å²) in [5.41, 5.74) is 0. The van der Waals surface area contributed by atoms with E-state index in [1.165, 1.54) is 0 Å². The van der Waals surface area contributed by atoms with Crippen LogP contribution in [0.3, 0.4) is 0 Å². The molecule has 5 heteroatoms. The summed E-state index contributed by atoms with van der Waals surface area (Å²) in [5.74, 6) is 0. The molecule has 1 fully saturated rings. The van der Waals surface area contributed by atoms with Crippen LogP contribution in [0.2, 0.25) is 0 Å². The fourth-order valence-electron chi connectivity index (χ4n) is 2.20. The van der Waals surface area contributed by atoms with Gasteiger partial charge < -0.3 is 4.90 Å². The fraction of sp³-hybridized carbons (Fsp3) is 1.00. The molecule has 0 aromatic carbocycles. The zero-order chi connectivity index (χ0) is 10.8. The summed E-state index contributed by atoms with van der Waals surface area (Å²) >= 11 is 0. The van der Waals surface area contributed by atoms with Crippen LogP contribution in [-0.4, -0.2) is 37.7 Å². The van der Waals surface area contributed by atoms with Gasteiger partial charge >= 0.3 is 0 Å². The predicted molar refractivity (Wildman–Crippen MR) is 57.5 cm³/mol. The van der Waals surface area contributed by atoms with Crippen LogP contribution >= 0.6 is 0 Å². The van der Waals surface area contributed by atoms with E-state index in [4.69, 9.17) is 5.14 Å². The smallest absolute Gasteiger partial charge is 0.212 e. The van der Waals surface area contributed by atoms with Crippen LogP contribution in [0.4, 0.5) is 0 Å². The SMILES string of the molecule is CCC1CC(S(N)(=O)=O)CCN1CC. The molecule has 1 saturated heterocycles. The van der Waals surface area contributed by atoms with Crippen LogP contribution in [0.15, 0.2) is 0 Å². The minimum absolute atomic E-state index is 0.324. The average Bonchev–Trinajstić information content (AvgIpc) is 2.15.